The second-order valence-electron chi connectivity index (χ2n) is 4.05. The number of rotatable bonds is 3. The molecular weight excluding hydrogens is 206 g/mol. The number of aromatic nitrogens is 3. The topological polar surface area (TPSA) is 63.1 Å². The van der Waals surface area contributed by atoms with Crippen LogP contribution in [0.2, 0.25) is 0 Å². The fourth-order valence-electron chi connectivity index (χ4n) is 1.91. The van der Waals surface area contributed by atoms with E-state index >= 15 is 0 Å². The minimum Gasteiger partial charge on any atom is -0.337 e. The van der Waals surface area contributed by atoms with Crippen LogP contribution in [0.15, 0.2) is 12.7 Å². The summed E-state index contributed by atoms with van der Waals surface area (Å²) in [5, 5.41) is 7.24. The van der Waals surface area contributed by atoms with E-state index in [0.29, 0.717) is 13.0 Å². The Kier molecular flexibility index (Phi) is 3.51. The molecule has 0 radical (unpaired) electrons. The molecule has 1 aromatic heterocycles. The first-order chi connectivity index (χ1) is 7.77. The molecule has 1 aliphatic rings. The monoisotopic (exact) mass is 223 g/mol. The SMILES string of the molecule is C[C@@H]1CNCCN1C(=O)CCn1cncn1. The third-order valence-electron chi connectivity index (χ3n) is 2.84. The third-order valence-corrected chi connectivity index (χ3v) is 2.84. The van der Waals surface area contributed by atoms with Crippen molar-refractivity contribution < 1.29 is 4.79 Å². The molecule has 0 spiro atoms. The van der Waals surface area contributed by atoms with Gasteiger partial charge in [-0.2, -0.15) is 5.10 Å². The lowest BCUT2D eigenvalue weighted by Crippen LogP contribution is -2.52. The van der Waals surface area contributed by atoms with Gasteiger partial charge in [0.1, 0.15) is 12.7 Å². The van der Waals surface area contributed by atoms with Gasteiger partial charge in [0.25, 0.3) is 0 Å². The maximum Gasteiger partial charge on any atom is 0.224 e. The van der Waals surface area contributed by atoms with Gasteiger partial charge in [-0.3, -0.25) is 9.48 Å². The van der Waals surface area contributed by atoms with Crippen molar-refractivity contribution in [3.05, 3.63) is 12.7 Å². The summed E-state index contributed by atoms with van der Waals surface area (Å²) in [4.78, 5) is 17.7. The first-order valence-corrected chi connectivity index (χ1v) is 5.60. The highest BCUT2D eigenvalue weighted by Gasteiger charge is 2.22. The maximum absolute atomic E-state index is 11.9. The number of hydrogen-bond donors (Lipinski definition) is 1. The summed E-state index contributed by atoms with van der Waals surface area (Å²) in [7, 11) is 0. The van der Waals surface area contributed by atoms with Crippen molar-refractivity contribution in [1.82, 2.24) is 25.0 Å². The highest BCUT2D eigenvalue weighted by atomic mass is 16.2. The van der Waals surface area contributed by atoms with Crippen LogP contribution in [0.3, 0.4) is 0 Å². The van der Waals surface area contributed by atoms with Crippen LogP contribution in [-0.2, 0) is 11.3 Å². The average Bonchev–Trinajstić information content (AvgIpc) is 2.79. The van der Waals surface area contributed by atoms with Gasteiger partial charge in [-0.05, 0) is 6.92 Å². The van der Waals surface area contributed by atoms with Gasteiger partial charge in [0.15, 0.2) is 0 Å². The van der Waals surface area contributed by atoms with Crippen molar-refractivity contribution in [2.45, 2.75) is 25.9 Å². The van der Waals surface area contributed by atoms with Crippen LogP contribution < -0.4 is 5.32 Å². The summed E-state index contributed by atoms with van der Waals surface area (Å²) in [6.45, 7) is 5.25. The molecule has 1 saturated heterocycles. The van der Waals surface area contributed by atoms with Crippen molar-refractivity contribution >= 4 is 5.91 Å². The second kappa shape index (κ2) is 5.07. The molecule has 1 atom stereocenters. The molecular formula is C10H17N5O. The first kappa shape index (κ1) is 11.1. The van der Waals surface area contributed by atoms with Gasteiger partial charge in [-0.1, -0.05) is 0 Å². The lowest BCUT2D eigenvalue weighted by atomic mass is 10.2. The van der Waals surface area contributed by atoms with Crippen molar-refractivity contribution in [2.75, 3.05) is 19.6 Å². The third kappa shape index (κ3) is 2.57. The molecule has 2 heterocycles. The molecule has 1 N–H and O–H groups in total. The van der Waals surface area contributed by atoms with E-state index in [4.69, 9.17) is 0 Å². The highest BCUT2D eigenvalue weighted by molar-refractivity contribution is 5.76. The number of carbonyl (C=O) groups is 1. The van der Waals surface area contributed by atoms with Crippen LogP contribution in [0.5, 0.6) is 0 Å². The van der Waals surface area contributed by atoms with Gasteiger partial charge in [0, 0.05) is 32.1 Å². The molecule has 1 aliphatic heterocycles. The Hall–Kier alpha value is -1.43. The number of piperazine rings is 1. The van der Waals surface area contributed by atoms with E-state index in [1.165, 1.54) is 6.33 Å². The Morgan fingerprint density at radius 2 is 2.50 bits per heavy atom. The number of aryl methyl sites for hydroxylation is 1. The highest BCUT2D eigenvalue weighted by Crippen LogP contribution is 2.05. The zero-order valence-electron chi connectivity index (χ0n) is 9.46. The smallest absolute Gasteiger partial charge is 0.224 e. The molecule has 0 unspecified atom stereocenters. The van der Waals surface area contributed by atoms with Crippen molar-refractivity contribution in [3.8, 4) is 0 Å². The summed E-state index contributed by atoms with van der Waals surface area (Å²) < 4.78 is 1.69. The number of carbonyl (C=O) groups excluding carboxylic acids is 1. The van der Waals surface area contributed by atoms with E-state index in [1.807, 2.05) is 4.90 Å². The molecule has 0 aliphatic carbocycles. The fraction of sp³-hybridized carbons (Fsp3) is 0.700. The van der Waals surface area contributed by atoms with Crippen LogP contribution >= 0.6 is 0 Å². The molecule has 1 fully saturated rings. The molecule has 16 heavy (non-hydrogen) atoms. The molecule has 0 bridgehead atoms. The number of hydrogen-bond acceptors (Lipinski definition) is 4. The van der Waals surface area contributed by atoms with Gasteiger partial charge >= 0.3 is 0 Å². The molecule has 1 amide bonds. The number of nitrogens with one attached hydrogen (secondary N) is 1. The van der Waals surface area contributed by atoms with Gasteiger partial charge in [-0.15, -0.1) is 0 Å². The molecule has 6 heteroatoms. The predicted molar refractivity (Wildman–Crippen MR) is 58.7 cm³/mol. The number of amides is 1. The van der Waals surface area contributed by atoms with Crippen LogP contribution in [-0.4, -0.2) is 51.2 Å². The Bertz CT molecular complexity index is 337. The predicted octanol–water partition coefficient (Wildman–Crippen LogP) is -0.511. The first-order valence-electron chi connectivity index (χ1n) is 5.60. The quantitative estimate of drug-likeness (QED) is 0.749. The molecule has 0 aromatic carbocycles. The molecule has 88 valence electrons. The fourth-order valence-corrected chi connectivity index (χ4v) is 1.91. The zero-order valence-corrected chi connectivity index (χ0v) is 9.46. The number of nitrogens with zero attached hydrogens (tertiary/aromatic N) is 4. The van der Waals surface area contributed by atoms with Crippen LogP contribution in [0.25, 0.3) is 0 Å². The molecule has 2 rings (SSSR count). The zero-order chi connectivity index (χ0) is 11.4. The van der Waals surface area contributed by atoms with E-state index in [2.05, 4.69) is 22.3 Å². The normalized spacial score (nSPS) is 21.1. The van der Waals surface area contributed by atoms with Crippen molar-refractivity contribution in [2.24, 2.45) is 0 Å². The molecule has 1 aromatic rings. The van der Waals surface area contributed by atoms with E-state index < -0.39 is 0 Å². The minimum absolute atomic E-state index is 0.199. The Morgan fingerprint density at radius 1 is 1.62 bits per heavy atom. The standard InChI is InChI=1S/C10H17N5O/c1-9-6-11-3-5-15(9)10(16)2-4-14-8-12-7-13-14/h7-9,11H,2-6H2,1H3/t9-/m1/s1. The van der Waals surface area contributed by atoms with Crippen LogP contribution in [0.4, 0.5) is 0 Å². The lowest BCUT2D eigenvalue weighted by Gasteiger charge is -2.34. The van der Waals surface area contributed by atoms with E-state index in [9.17, 15) is 4.79 Å². The van der Waals surface area contributed by atoms with Crippen LogP contribution in [0.1, 0.15) is 13.3 Å². The van der Waals surface area contributed by atoms with Gasteiger partial charge in [0.05, 0.1) is 6.54 Å². The molecule has 6 nitrogen and oxygen atoms in total. The average molecular weight is 223 g/mol. The lowest BCUT2D eigenvalue weighted by molar-refractivity contribution is -0.134. The Balaban J connectivity index is 1.83. The largest absolute Gasteiger partial charge is 0.337 e. The van der Waals surface area contributed by atoms with E-state index in [1.54, 1.807) is 11.0 Å². The van der Waals surface area contributed by atoms with Crippen LogP contribution in [0, 0.1) is 0 Å². The van der Waals surface area contributed by atoms with Gasteiger partial charge < -0.3 is 10.2 Å². The Morgan fingerprint density at radius 3 is 3.19 bits per heavy atom. The second-order valence-corrected chi connectivity index (χ2v) is 4.05. The maximum atomic E-state index is 11.9. The van der Waals surface area contributed by atoms with Gasteiger partial charge in [0.2, 0.25) is 5.91 Å². The summed E-state index contributed by atoms with van der Waals surface area (Å²) in [5.74, 6) is 0.199. The summed E-state index contributed by atoms with van der Waals surface area (Å²) in [6, 6.07) is 0.289. The summed E-state index contributed by atoms with van der Waals surface area (Å²) in [6.07, 6.45) is 3.61. The van der Waals surface area contributed by atoms with E-state index in [-0.39, 0.29) is 11.9 Å². The summed E-state index contributed by atoms with van der Waals surface area (Å²) >= 11 is 0. The van der Waals surface area contributed by atoms with E-state index in [0.717, 1.165) is 19.6 Å². The molecule has 0 saturated carbocycles. The van der Waals surface area contributed by atoms with Crippen molar-refractivity contribution in [3.63, 3.8) is 0 Å². The minimum atomic E-state index is 0.199. The van der Waals surface area contributed by atoms with Crippen molar-refractivity contribution in [1.29, 1.82) is 0 Å². The van der Waals surface area contributed by atoms with Gasteiger partial charge in [-0.25, -0.2) is 4.98 Å². The Labute approximate surface area is 94.6 Å². The summed E-state index contributed by atoms with van der Waals surface area (Å²) in [5.41, 5.74) is 0.